The van der Waals surface area contributed by atoms with Crippen molar-refractivity contribution >= 4 is 44.9 Å². The minimum atomic E-state index is -0.707. The third kappa shape index (κ3) is 3.90. The van der Waals surface area contributed by atoms with E-state index in [1.165, 1.54) is 0 Å². The Morgan fingerprint density at radius 1 is 1.23 bits per heavy atom. The predicted molar refractivity (Wildman–Crippen MR) is 119 cm³/mol. The van der Waals surface area contributed by atoms with Crippen LogP contribution in [0, 0.1) is 12.8 Å². The normalized spacial score (nSPS) is 20.2. The van der Waals surface area contributed by atoms with Crippen LogP contribution >= 0.6 is 22.9 Å². The van der Waals surface area contributed by atoms with Crippen molar-refractivity contribution in [3.63, 3.8) is 0 Å². The summed E-state index contributed by atoms with van der Waals surface area (Å²) >= 11 is 8.15. The molecule has 0 saturated heterocycles. The molecule has 0 atom stereocenters. The Morgan fingerprint density at radius 2 is 2.00 bits per heavy atom. The predicted octanol–water partition coefficient (Wildman–Crippen LogP) is 5.35. The summed E-state index contributed by atoms with van der Waals surface area (Å²) in [4.78, 5) is 22.8. The van der Waals surface area contributed by atoms with Crippen LogP contribution in [0.5, 0.6) is 11.5 Å². The molecule has 0 spiro atoms. The van der Waals surface area contributed by atoms with Gasteiger partial charge in [0.2, 0.25) is 6.79 Å². The van der Waals surface area contributed by atoms with Crippen LogP contribution in [0.4, 0.5) is 5.82 Å². The minimum absolute atomic E-state index is 0.160. The summed E-state index contributed by atoms with van der Waals surface area (Å²) in [7, 11) is 0. The van der Waals surface area contributed by atoms with E-state index >= 15 is 0 Å². The van der Waals surface area contributed by atoms with Gasteiger partial charge in [-0.3, -0.25) is 4.79 Å². The number of rotatable bonds is 5. The molecule has 0 radical (unpaired) electrons. The van der Waals surface area contributed by atoms with Gasteiger partial charge in [-0.25, -0.2) is 9.97 Å². The van der Waals surface area contributed by atoms with Crippen molar-refractivity contribution in [2.45, 2.75) is 45.1 Å². The van der Waals surface area contributed by atoms with Crippen molar-refractivity contribution < 1.29 is 19.4 Å². The molecule has 9 heteroatoms. The van der Waals surface area contributed by atoms with Gasteiger partial charge >= 0.3 is 5.97 Å². The summed E-state index contributed by atoms with van der Waals surface area (Å²) < 4.78 is 10.9. The number of nitrogens with one attached hydrogen (secondary N) is 1. The molecular formula is C22H22ClN3O4S. The number of aliphatic carboxylic acids is 1. The lowest BCUT2D eigenvalue weighted by molar-refractivity contribution is -0.142. The number of halogens is 1. The number of hydrogen-bond donors (Lipinski definition) is 2. The van der Waals surface area contributed by atoms with Crippen LogP contribution in [0.1, 0.15) is 47.9 Å². The van der Waals surface area contributed by atoms with Gasteiger partial charge in [0.15, 0.2) is 11.5 Å². The molecule has 162 valence electrons. The van der Waals surface area contributed by atoms with Crippen molar-refractivity contribution in [2.75, 3.05) is 12.1 Å². The number of ether oxygens (including phenoxy) is 2. The molecule has 31 heavy (non-hydrogen) atoms. The standard InChI is InChI=1S/C22H22ClN3O4S/c1-11-18(23)17-20(24-9-12-2-7-15-16(8-12)30-10-29-15)25-19(26-21(17)31-11)13-3-5-14(6-4-13)22(27)28/h2,7-8,13-14H,3-6,9-10H2,1H3,(H,27,28)(H,24,25,26). The molecule has 0 amide bonds. The highest BCUT2D eigenvalue weighted by molar-refractivity contribution is 7.19. The van der Waals surface area contributed by atoms with Crippen LogP contribution in [0.2, 0.25) is 5.02 Å². The van der Waals surface area contributed by atoms with E-state index in [-0.39, 0.29) is 18.6 Å². The van der Waals surface area contributed by atoms with Crippen molar-refractivity contribution in [3.8, 4) is 11.5 Å². The molecule has 5 rings (SSSR count). The van der Waals surface area contributed by atoms with Crippen LogP contribution in [-0.2, 0) is 11.3 Å². The number of carboxylic acid groups (broad SMARTS) is 1. The fourth-order valence-corrected chi connectivity index (χ4v) is 5.51. The smallest absolute Gasteiger partial charge is 0.306 e. The van der Waals surface area contributed by atoms with Crippen molar-refractivity contribution in [3.05, 3.63) is 39.5 Å². The molecule has 1 saturated carbocycles. The van der Waals surface area contributed by atoms with Crippen LogP contribution in [0.15, 0.2) is 18.2 Å². The first-order chi connectivity index (χ1) is 15.0. The van der Waals surface area contributed by atoms with Crippen molar-refractivity contribution in [1.29, 1.82) is 0 Å². The first-order valence-electron chi connectivity index (χ1n) is 10.3. The molecule has 0 bridgehead atoms. The van der Waals surface area contributed by atoms with E-state index in [0.717, 1.165) is 50.8 Å². The maximum Gasteiger partial charge on any atom is 0.306 e. The van der Waals surface area contributed by atoms with Gasteiger partial charge in [-0.15, -0.1) is 11.3 Å². The first-order valence-corrected chi connectivity index (χ1v) is 11.5. The number of anilines is 1. The van der Waals surface area contributed by atoms with E-state index < -0.39 is 5.97 Å². The van der Waals surface area contributed by atoms with Gasteiger partial charge in [-0.1, -0.05) is 17.7 Å². The van der Waals surface area contributed by atoms with E-state index in [0.29, 0.717) is 30.2 Å². The van der Waals surface area contributed by atoms with Crippen molar-refractivity contribution in [1.82, 2.24) is 9.97 Å². The molecular weight excluding hydrogens is 438 g/mol. The zero-order chi connectivity index (χ0) is 21.5. The molecule has 7 nitrogen and oxygen atoms in total. The minimum Gasteiger partial charge on any atom is -0.481 e. The van der Waals surface area contributed by atoms with Crippen LogP contribution < -0.4 is 14.8 Å². The van der Waals surface area contributed by atoms with Gasteiger partial charge in [0.25, 0.3) is 0 Å². The number of thiophene rings is 1. The first kappa shape index (κ1) is 20.3. The fraction of sp³-hybridized carbons (Fsp3) is 0.409. The van der Waals surface area contributed by atoms with E-state index in [2.05, 4.69) is 5.32 Å². The average molecular weight is 460 g/mol. The van der Waals surface area contributed by atoms with Gasteiger partial charge in [-0.05, 0) is 50.3 Å². The van der Waals surface area contributed by atoms with Gasteiger partial charge in [0.1, 0.15) is 16.5 Å². The zero-order valence-corrected chi connectivity index (χ0v) is 18.6. The summed E-state index contributed by atoms with van der Waals surface area (Å²) in [5.74, 6) is 2.17. The van der Waals surface area contributed by atoms with Crippen LogP contribution in [0.3, 0.4) is 0 Å². The monoisotopic (exact) mass is 459 g/mol. The Morgan fingerprint density at radius 3 is 2.77 bits per heavy atom. The summed E-state index contributed by atoms with van der Waals surface area (Å²) in [6, 6.07) is 5.86. The Bertz CT molecular complexity index is 1160. The maximum atomic E-state index is 11.3. The van der Waals surface area contributed by atoms with Gasteiger partial charge in [0, 0.05) is 17.3 Å². The number of aromatic nitrogens is 2. The number of carbonyl (C=O) groups is 1. The summed E-state index contributed by atoms with van der Waals surface area (Å²) in [6.45, 7) is 2.78. The van der Waals surface area contributed by atoms with Gasteiger partial charge < -0.3 is 19.9 Å². The Balaban J connectivity index is 1.43. The second kappa shape index (κ2) is 8.16. The molecule has 2 N–H and O–H groups in total. The summed E-state index contributed by atoms with van der Waals surface area (Å²) in [5.41, 5.74) is 1.04. The highest BCUT2D eigenvalue weighted by Crippen LogP contribution is 2.41. The second-order valence-corrected chi connectivity index (χ2v) is 9.59. The molecule has 2 aromatic heterocycles. The van der Waals surface area contributed by atoms with Gasteiger partial charge in [-0.2, -0.15) is 0 Å². The number of fused-ring (bicyclic) bond motifs is 2. The molecule has 1 aromatic carbocycles. The molecule has 1 aliphatic heterocycles. The Kier molecular flexibility index (Phi) is 5.35. The number of carboxylic acids is 1. The molecule has 2 aliphatic rings. The topological polar surface area (TPSA) is 93.6 Å². The third-order valence-electron chi connectivity index (χ3n) is 6.01. The highest BCUT2D eigenvalue weighted by atomic mass is 35.5. The van der Waals surface area contributed by atoms with Crippen LogP contribution in [0.25, 0.3) is 10.2 Å². The van der Waals surface area contributed by atoms with E-state index in [9.17, 15) is 9.90 Å². The fourth-order valence-electron chi connectivity index (χ4n) is 4.24. The number of benzene rings is 1. The quantitative estimate of drug-likeness (QED) is 0.531. The Labute approximate surface area is 188 Å². The summed E-state index contributed by atoms with van der Waals surface area (Å²) in [5, 5.41) is 14.2. The number of aryl methyl sites for hydroxylation is 1. The van der Waals surface area contributed by atoms with E-state index in [4.69, 9.17) is 31.0 Å². The number of nitrogens with zero attached hydrogens (tertiary/aromatic N) is 2. The summed E-state index contributed by atoms with van der Waals surface area (Å²) in [6.07, 6.45) is 2.88. The largest absolute Gasteiger partial charge is 0.481 e. The zero-order valence-electron chi connectivity index (χ0n) is 17.0. The molecule has 3 heterocycles. The van der Waals surface area contributed by atoms with Crippen molar-refractivity contribution in [2.24, 2.45) is 5.92 Å². The molecule has 1 aliphatic carbocycles. The molecule has 1 fully saturated rings. The van der Waals surface area contributed by atoms with Crippen LogP contribution in [-0.4, -0.2) is 27.8 Å². The molecule has 0 unspecified atom stereocenters. The van der Waals surface area contributed by atoms with Gasteiger partial charge in [0.05, 0.1) is 16.3 Å². The average Bonchev–Trinajstić information content (AvgIpc) is 3.35. The lowest BCUT2D eigenvalue weighted by Crippen LogP contribution is -2.21. The molecule has 3 aromatic rings. The van der Waals surface area contributed by atoms with E-state index in [1.54, 1.807) is 11.3 Å². The maximum absolute atomic E-state index is 11.3. The lowest BCUT2D eigenvalue weighted by Gasteiger charge is -2.25. The lowest BCUT2D eigenvalue weighted by atomic mass is 9.81. The van der Waals surface area contributed by atoms with E-state index in [1.807, 2.05) is 25.1 Å². The SMILES string of the molecule is Cc1sc2nc(C3CCC(C(=O)O)CC3)nc(NCc3ccc4c(c3)OCO4)c2c1Cl. The Hall–Kier alpha value is -2.58. The highest BCUT2D eigenvalue weighted by Gasteiger charge is 2.29. The second-order valence-electron chi connectivity index (χ2n) is 8.01. The number of hydrogen-bond acceptors (Lipinski definition) is 7. The third-order valence-corrected chi connectivity index (χ3v) is 7.59.